The van der Waals surface area contributed by atoms with Gasteiger partial charge in [0.2, 0.25) is 0 Å². The third kappa shape index (κ3) is 3.59. The number of aryl methyl sites for hydroxylation is 1. The van der Waals surface area contributed by atoms with Crippen LogP contribution in [-0.2, 0) is 17.7 Å². The van der Waals surface area contributed by atoms with Crippen LogP contribution in [0, 0.1) is 0 Å². The van der Waals surface area contributed by atoms with E-state index in [0.717, 1.165) is 12.0 Å². The quantitative estimate of drug-likeness (QED) is 0.674. The van der Waals surface area contributed by atoms with Gasteiger partial charge >= 0.3 is 6.09 Å². The Balaban J connectivity index is 1.39. The van der Waals surface area contributed by atoms with Crippen LogP contribution in [0.2, 0.25) is 0 Å². The summed E-state index contributed by atoms with van der Waals surface area (Å²) in [5, 5.41) is 2.85. The SMILES string of the molecule is CCc1ccc(CNC(=O)OCC2c3ccccc3-c3ccccc32)cc1. The number of alkyl carbamates (subject to hydrolysis) is 1. The van der Waals surface area contributed by atoms with Crippen LogP contribution in [0.5, 0.6) is 0 Å². The van der Waals surface area contributed by atoms with E-state index in [2.05, 4.69) is 60.8 Å². The second-order valence-corrected chi connectivity index (χ2v) is 6.85. The summed E-state index contributed by atoms with van der Waals surface area (Å²) in [4.78, 5) is 12.2. The Hall–Kier alpha value is -3.07. The Labute approximate surface area is 160 Å². The van der Waals surface area contributed by atoms with Crippen molar-refractivity contribution in [3.05, 3.63) is 95.1 Å². The first-order chi connectivity index (χ1) is 13.3. The lowest BCUT2D eigenvalue weighted by Gasteiger charge is -2.14. The lowest BCUT2D eigenvalue weighted by molar-refractivity contribution is 0.142. The van der Waals surface area contributed by atoms with Crippen molar-refractivity contribution in [1.82, 2.24) is 5.32 Å². The molecule has 0 unspecified atom stereocenters. The lowest BCUT2D eigenvalue weighted by Crippen LogP contribution is -2.25. The molecule has 0 radical (unpaired) electrons. The highest BCUT2D eigenvalue weighted by atomic mass is 16.5. The number of hydrogen-bond acceptors (Lipinski definition) is 2. The number of fused-ring (bicyclic) bond motifs is 3. The van der Waals surface area contributed by atoms with Gasteiger partial charge in [0.05, 0.1) is 0 Å². The minimum Gasteiger partial charge on any atom is -0.449 e. The molecule has 0 heterocycles. The van der Waals surface area contributed by atoms with Gasteiger partial charge in [-0.15, -0.1) is 0 Å². The largest absolute Gasteiger partial charge is 0.449 e. The number of carbonyl (C=O) groups is 1. The fourth-order valence-corrected chi connectivity index (χ4v) is 3.72. The zero-order valence-corrected chi connectivity index (χ0v) is 15.4. The van der Waals surface area contributed by atoms with Gasteiger partial charge in [-0.25, -0.2) is 4.79 Å². The van der Waals surface area contributed by atoms with Gasteiger partial charge in [0.25, 0.3) is 0 Å². The molecule has 136 valence electrons. The summed E-state index contributed by atoms with van der Waals surface area (Å²) in [5.41, 5.74) is 7.28. The Morgan fingerprint density at radius 3 is 2.00 bits per heavy atom. The Morgan fingerprint density at radius 1 is 0.852 bits per heavy atom. The number of amides is 1. The van der Waals surface area contributed by atoms with Gasteiger partial charge in [-0.2, -0.15) is 0 Å². The summed E-state index contributed by atoms with van der Waals surface area (Å²) in [6, 6.07) is 25.0. The number of ether oxygens (including phenoxy) is 1. The van der Waals surface area contributed by atoms with Gasteiger partial charge in [0.15, 0.2) is 0 Å². The van der Waals surface area contributed by atoms with Crippen molar-refractivity contribution in [2.24, 2.45) is 0 Å². The molecular formula is C24H23NO2. The number of benzene rings is 3. The minimum absolute atomic E-state index is 0.0898. The second kappa shape index (κ2) is 7.67. The van der Waals surface area contributed by atoms with Crippen LogP contribution in [0.25, 0.3) is 11.1 Å². The fraction of sp³-hybridized carbons (Fsp3) is 0.208. The van der Waals surface area contributed by atoms with Gasteiger partial charge in [-0.05, 0) is 39.8 Å². The van der Waals surface area contributed by atoms with E-state index >= 15 is 0 Å². The van der Waals surface area contributed by atoms with Crippen molar-refractivity contribution in [3.8, 4) is 11.1 Å². The number of nitrogens with one attached hydrogen (secondary N) is 1. The van der Waals surface area contributed by atoms with Crippen LogP contribution >= 0.6 is 0 Å². The molecule has 0 aliphatic heterocycles. The fourth-order valence-electron chi connectivity index (χ4n) is 3.72. The van der Waals surface area contributed by atoms with E-state index in [-0.39, 0.29) is 12.0 Å². The Morgan fingerprint density at radius 2 is 1.41 bits per heavy atom. The lowest BCUT2D eigenvalue weighted by atomic mass is 9.98. The van der Waals surface area contributed by atoms with Crippen LogP contribution in [0.15, 0.2) is 72.8 Å². The number of carbonyl (C=O) groups excluding carboxylic acids is 1. The first-order valence-electron chi connectivity index (χ1n) is 9.43. The Bertz CT molecular complexity index is 901. The maximum atomic E-state index is 12.2. The molecule has 3 heteroatoms. The van der Waals surface area contributed by atoms with Gasteiger partial charge in [0, 0.05) is 12.5 Å². The molecule has 1 amide bonds. The summed E-state index contributed by atoms with van der Waals surface area (Å²) in [7, 11) is 0. The molecule has 27 heavy (non-hydrogen) atoms. The van der Waals surface area contributed by atoms with Gasteiger partial charge in [-0.3, -0.25) is 0 Å². The first-order valence-corrected chi connectivity index (χ1v) is 9.43. The van der Waals surface area contributed by atoms with Crippen LogP contribution in [0.4, 0.5) is 4.79 Å². The maximum Gasteiger partial charge on any atom is 0.407 e. The predicted molar refractivity (Wildman–Crippen MR) is 108 cm³/mol. The van der Waals surface area contributed by atoms with E-state index in [1.54, 1.807) is 0 Å². The maximum absolute atomic E-state index is 12.2. The van der Waals surface area contributed by atoms with Crippen molar-refractivity contribution >= 4 is 6.09 Å². The molecule has 3 aromatic carbocycles. The molecule has 4 rings (SSSR count). The molecular weight excluding hydrogens is 334 g/mol. The molecule has 0 saturated carbocycles. The molecule has 0 bridgehead atoms. The summed E-state index contributed by atoms with van der Waals surface area (Å²) in [6.45, 7) is 2.94. The predicted octanol–water partition coefficient (Wildman–Crippen LogP) is 5.29. The molecule has 0 aromatic heterocycles. The van der Waals surface area contributed by atoms with Crippen molar-refractivity contribution in [1.29, 1.82) is 0 Å². The minimum atomic E-state index is -0.378. The average molecular weight is 357 g/mol. The van der Waals surface area contributed by atoms with Crippen LogP contribution < -0.4 is 5.32 Å². The van der Waals surface area contributed by atoms with Gasteiger partial charge in [0.1, 0.15) is 6.61 Å². The molecule has 0 spiro atoms. The zero-order chi connectivity index (χ0) is 18.6. The van der Waals surface area contributed by atoms with Crippen LogP contribution in [0.1, 0.15) is 35.1 Å². The molecule has 1 aliphatic carbocycles. The third-order valence-corrected chi connectivity index (χ3v) is 5.21. The number of rotatable bonds is 5. The van der Waals surface area contributed by atoms with Gasteiger partial charge < -0.3 is 10.1 Å². The summed E-state index contributed by atoms with van der Waals surface area (Å²) >= 11 is 0. The van der Waals surface area contributed by atoms with Crippen LogP contribution in [-0.4, -0.2) is 12.7 Å². The van der Waals surface area contributed by atoms with E-state index in [1.165, 1.54) is 27.8 Å². The average Bonchev–Trinajstić information content (AvgIpc) is 3.05. The number of hydrogen-bond donors (Lipinski definition) is 1. The highest BCUT2D eigenvalue weighted by Crippen LogP contribution is 2.44. The molecule has 1 N–H and O–H groups in total. The van der Waals surface area contributed by atoms with E-state index in [4.69, 9.17) is 4.74 Å². The molecule has 0 saturated heterocycles. The monoisotopic (exact) mass is 357 g/mol. The van der Waals surface area contributed by atoms with Crippen molar-refractivity contribution in [3.63, 3.8) is 0 Å². The van der Waals surface area contributed by atoms with Gasteiger partial charge in [-0.1, -0.05) is 79.7 Å². The smallest absolute Gasteiger partial charge is 0.407 e. The molecule has 3 aromatic rings. The van der Waals surface area contributed by atoms with E-state index in [0.29, 0.717) is 13.2 Å². The molecule has 0 atom stereocenters. The highest BCUT2D eigenvalue weighted by Gasteiger charge is 2.28. The summed E-state index contributed by atoms with van der Waals surface area (Å²) < 4.78 is 5.56. The third-order valence-electron chi connectivity index (χ3n) is 5.21. The Kier molecular flexibility index (Phi) is 4.93. The van der Waals surface area contributed by atoms with Crippen molar-refractivity contribution in [2.75, 3.05) is 6.61 Å². The van der Waals surface area contributed by atoms with Crippen molar-refractivity contribution < 1.29 is 9.53 Å². The summed E-state index contributed by atoms with van der Waals surface area (Å²) in [5.74, 6) is 0.0898. The highest BCUT2D eigenvalue weighted by molar-refractivity contribution is 5.79. The zero-order valence-electron chi connectivity index (χ0n) is 15.4. The summed E-state index contributed by atoms with van der Waals surface area (Å²) in [6.07, 6.45) is 0.636. The standard InChI is InChI=1S/C24H23NO2/c1-2-17-11-13-18(14-12-17)15-25-24(26)27-16-23-21-9-5-3-7-19(21)20-8-4-6-10-22(20)23/h3-14,23H,2,15-16H2,1H3,(H,25,26). The van der Waals surface area contributed by atoms with Crippen LogP contribution in [0.3, 0.4) is 0 Å². The van der Waals surface area contributed by atoms with E-state index in [1.807, 2.05) is 24.3 Å². The first kappa shape index (κ1) is 17.3. The van der Waals surface area contributed by atoms with E-state index in [9.17, 15) is 4.79 Å². The topological polar surface area (TPSA) is 38.3 Å². The molecule has 3 nitrogen and oxygen atoms in total. The molecule has 0 fully saturated rings. The van der Waals surface area contributed by atoms with E-state index < -0.39 is 0 Å². The molecule has 1 aliphatic rings. The normalized spacial score (nSPS) is 12.3. The van der Waals surface area contributed by atoms with Crippen molar-refractivity contribution in [2.45, 2.75) is 25.8 Å². The second-order valence-electron chi connectivity index (χ2n) is 6.85.